The number of rotatable bonds is 2. The maximum Gasteiger partial charge on any atom is 0.0749 e. The van der Waals surface area contributed by atoms with Gasteiger partial charge in [0.15, 0.2) is 0 Å². The molecule has 1 saturated heterocycles. The highest BCUT2D eigenvalue weighted by atomic mass is 35.5. The van der Waals surface area contributed by atoms with E-state index < -0.39 is 0 Å². The van der Waals surface area contributed by atoms with Gasteiger partial charge in [-0.2, -0.15) is 5.06 Å². The second kappa shape index (κ2) is 4.53. The number of halogens is 2. The van der Waals surface area contributed by atoms with E-state index in [0.717, 1.165) is 23.7 Å². The largest absolute Gasteiger partial charge is 0.298 e. The van der Waals surface area contributed by atoms with Gasteiger partial charge in [0, 0.05) is 22.0 Å². The van der Waals surface area contributed by atoms with Gasteiger partial charge in [0.25, 0.3) is 0 Å². The Bertz CT molecular complexity index is 393. The molecule has 0 bridgehead atoms. The molecule has 0 aliphatic carbocycles. The minimum Gasteiger partial charge on any atom is -0.298 e. The zero-order valence-electron chi connectivity index (χ0n) is 9.46. The van der Waals surface area contributed by atoms with E-state index >= 15 is 0 Å². The Kier molecular flexibility index (Phi) is 3.45. The summed E-state index contributed by atoms with van der Waals surface area (Å²) in [6, 6.07) is 5.50. The molecule has 0 N–H and O–H groups in total. The summed E-state index contributed by atoms with van der Waals surface area (Å²) in [5, 5.41) is 3.38. The van der Waals surface area contributed by atoms with E-state index in [1.54, 1.807) is 6.07 Å². The quantitative estimate of drug-likeness (QED) is 0.802. The molecular weight excluding hydrogens is 245 g/mol. The Morgan fingerprint density at radius 2 is 2.12 bits per heavy atom. The van der Waals surface area contributed by atoms with Crippen LogP contribution in [0.15, 0.2) is 18.2 Å². The number of hydrogen-bond donors (Lipinski definition) is 0. The van der Waals surface area contributed by atoms with Gasteiger partial charge in [-0.1, -0.05) is 37.0 Å². The molecule has 2 rings (SSSR count). The van der Waals surface area contributed by atoms with Crippen LogP contribution in [0, 0.1) is 5.41 Å². The van der Waals surface area contributed by atoms with Crippen LogP contribution in [0.2, 0.25) is 10.0 Å². The van der Waals surface area contributed by atoms with Crippen molar-refractivity contribution in [2.75, 3.05) is 13.2 Å². The van der Waals surface area contributed by atoms with Gasteiger partial charge in [-0.25, -0.2) is 0 Å². The Morgan fingerprint density at radius 3 is 2.75 bits per heavy atom. The molecule has 0 unspecified atom stereocenters. The third-order valence-electron chi connectivity index (χ3n) is 2.60. The van der Waals surface area contributed by atoms with E-state index in [1.165, 1.54) is 0 Å². The van der Waals surface area contributed by atoms with E-state index in [-0.39, 0.29) is 5.41 Å². The van der Waals surface area contributed by atoms with Gasteiger partial charge < -0.3 is 0 Å². The van der Waals surface area contributed by atoms with Crippen molar-refractivity contribution in [2.45, 2.75) is 20.4 Å². The molecule has 1 aliphatic heterocycles. The van der Waals surface area contributed by atoms with E-state index in [0.29, 0.717) is 11.6 Å². The highest BCUT2D eigenvalue weighted by Crippen LogP contribution is 2.28. The molecule has 1 aromatic rings. The smallest absolute Gasteiger partial charge is 0.0749 e. The van der Waals surface area contributed by atoms with Crippen LogP contribution < -0.4 is 0 Å². The van der Waals surface area contributed by atoms with Gasteiger partial charge in [0.2, 0.25) is 0 Å². The number of hydroxylamine groups is 2. The first kappa shape index (κ1) is 12.2. The summed E-state index contributed by atoms with van der Waals surface area (Å²) in [6.45, 7) is 6.73. The van der Waals surface area contributed by atoms with Crippen molar-refractivity contribution in [1.82, 2.24) is 5.06 Å². The maximum absolute atomic E-state index is 6.10. The predicted octanol–water partition coefficient (Wildman–Crippen LogP) is 3.77. The highest BCUT2D eigenvalue weighted by Gasteiger charge is 2.30. The fraction of sp³-hybridized carbons (Fsp3) is 0.500. The second-order valence-corrected chi connectivity index (χ2v) is 5.82. The van der Waals surface area contributed by atoms with Crippen molar-refractivity contribution < 1.29 is 4.84 Å². The van der Waals surface area contributed by atoms with E-state index in [2.05, 4.69) is 13.8 Å². The lowest BCUT2D eigenvalue weighted by Crippen LogP contribution is -2.22. The highest BCUT2D eigenvalue weighted by molar-refractivity contribution is 6.33. The van der Waals surface area contributed by atoms with E-state index in [9.17, 15) is 0 Å². The molecule has 1 aromatic carbocycles. The Hall–Kier alpha value is -0.280. The summed E-state index contributed by atoms with van der Waals surface area (Å²) >= 11 is 12.0. The molecule has 1 heterocycles. The van der Waals surface area contributed by atoms with Crippen LogP contribution in [0.5, 0.6) is 0 Å². The normalized spacial score (nSPS) is 20.2. The van der Waals surface area contributed by atoms with Crippen molar-refractivity contribution in [2.24, 2.45) is 5.41 Å². The molecular formula is C12H15Cl2NO. The molecule has 2 nitrogen and oxygen atoms in total. The summed E-state index contributed by atoms with van der Waals surface area (Å²) in [6.07, 6.45) is 0. The Balaban J connectivity index is 2.07. The van der Waals surface area contributed by atoms with Crippen molar-refractivity contribution in [1.29, 1.82) is 0 Å². The van der Waals surface area contributed by atoms with Crippen LogP contribution in [0.3, 0.4) is 0 Å². The molecule has 0 saturated carbocycles. The maximum atomic E-state index is 6.10. The van der Waals surface area contributed by atoms with Gasteiger partial charge in [-0.3, -0.25) is 4.84 Å². The molecule has 0 atom stereocenters. The lowest BCUT2D eigenvalue weighted by atomic mass is 9.96. The number of benzene rings is 1. The molecule has 0 amide bonds. The molecule has 88 valence electrons. The summed E-state index contributed by atoms with van der Waals surface area (Å²) in [4.78, 5) is 5.60. The van der Waals surface area contributed by atoms with Crippen LogP contribution in [0.1, 0.15) is 19.4 Å². The Morgan fingerprint density at radius 1 is 1.38 bits per heavy atom. The Labute approximate surface area is 106 Å². The first-order valence-electron chi connectivity index (χ1n) is 5.28. The standard InChI is InChI=1S/C12H15Cl2NO/c1-12(2)7-15(16-8-12)6-9-5-10(13)3-4-11(9)14/h3-5H,6-8H2,1-2H3. The average Bonchev–Trinajstić information content (AvgIpc) is 2.52. The van der Waals surface area contributed by atoms with Gasteiger partial charge in [-0.05, 0) is 23.8 Å². The van der Waals surface area contributed by atoms with Crippen LogP contribution in [0.4, 0.5) is 0 Å². The predicted molar refractivity (Wildman–Crippen MR) is 66.6 cm³/mol. The van der Waals surface area contributed by atoms with E-state index in [4.69, 9.17) is 28.0 Å². The molecule has 4 heteroatoms. The molecule has 0 radical (unpaired) electrons. The van der Waals surface area contributed by atoms with Crippen LogP contribution in [-0.2, 0) is 11.4 Å². The molecule has 16 heavy (non-hydrogen) atoms. The lowest BCUT2D eigenvalue weighted by Gasteiger charge is -2.17. The first-order chi connectivity index (χ1) is 7.46. The summed E-state index contributed by atoms with van der Waals surface area (Å²) in [5.41, 5.74) is 1.22. The van der Waals surface area contributed by atoms with Gasteiger partial charge in [0.05, 0.1) is 13.2 Å². The summed E-state index contributed by atoms with van der Waals surface area (Å²) < 4.78 is 0. The zero-order valence-corrected chi connectivity index (χ0v) is 11.0. The van der Waals surface area contributed by atoms with Crippen molar-refractivity contribution in [3.05, 3.63) is 33.8 Å². The number of hydrogen-bond acceptors (Lipinski definition) is 2. The molecule has 1 fully saturated rings. The topological polar surface area (TPSA) is 12.5 Å². The first-order valence-corrected chi connectivity index (χ1v) is 6.04. The van der Waals surface area contributed by atoms with Gasteiger partial charge >= 0.3 is 0 Å². The van der Waals surface area contributed by atoms with Crippen molar-refractivity contribution in [3.8, 4) is 0 Å². The minimum atomic E-state index is 0.213. The van der Waals surface area contributed by atoms with E-state index in [1.807, 2.05) is 17.2 Å². The van der Waals surface area contributed by atoms with Crippen LogP contribution >= 0.6 is 23.2 Å². The third-order valence-corrected chi connectivity index (χ3v) is 3.20. The zero-order chi connectivity index (χ0) is 11.8. The third kappa shape index (κ3) is 2.89. The fourth-order valence-electron chi connectivity index (χ4n) is 1.79. The monoisotopic (exact) mass is 259 g/mol. The fourth-order valence-corrected chi connectivity index (χ4v) is 2.16. The van der Waals surface area contributed by atoms with Crippen molar-refractivity contribution in [3.63, 3.8) is 0 Å². The lowest BCUT2D eigenvalue weighted by molar-refractivity contribution is -0.117. The SMILES string of the molecule is CC1(C)CON(Cc2cc(Cl)ccc2Cl)C1. The summed E-state index contributed by atoms with van der Waals surface area (Å²) in [7, 11) is 0. The number of nitrogens with zero attached hydrogens (tertiary/aromatic N) is 1. The molecule has 0 aromatic heterocycles. The van der Waals surface area contributed by atoms with Crippen molar-refractivity contribution >= 4 is 23.2 Å². The molecule has 1 aliphatic rings. The van der Waals surface area contributed by atoms with Gasteiger partial charge in [0.1, 0.15) is 0 Å². The minimum absolute atomic E-state index is 0.213. The van der Waals surface area contributed by atoms with Gasteiger partial charge in [-0.15, -0.1) is 0 Å². The van der Waals surface area contributed by atoms with Crippen LogP contribution in [0.25, 0.3) is 0 Å². The summed E-state index contributed by atoms with van der Waals surface area (Å²) in [5.74, 6) is 0. The second-order valence-electron chi connectivity index (χ2n) is 4.97. The molecule has 0 spiro atoms. The van der Waals surface area contributed by atoms with Crippen LogP contribution in [-0.4, -0.2) is 18.2 Å². The average molecular weight is 260 g/mol.